The molecule has 0 N–H and O–H groups in total. The SMILES string of the molecule is CCc1cc(=O)oc2cc(C)cc(OCC(=O)N3CCN4[C@@H](COC[C@@H]4C)C3)c12. The first-order valence-corrected chi connectivity index (χ1v) is 10.3. The zero-order valence-electron chi connectivity index (χ0n) is 17.3. The van der Waals surface area contributed by atoms with Gasteiger partial charge in [0, 0.05) is 31.7 Å². The molecule has 4 rings (SSSR count). The van der Waals surface area contributed by atoms with Gasteiger partial charge in [-0.3, -0.25) is 9.69 Å². The molecule has 3 heterocycles. The number of piperazine rings is 1. The van der Waals surface area contributed by atoms with Crippen molar-refractivity contribution in [3.05, 3.63) is 39.7 Å². The van der Waals surface area contributed by atoms with Gasteiger partial charge in [-0.1, -0.05) is 6.92 Å². The molecule has 7 nitrogen and oxygen atoms in total. The fraction of sp³-hybridized carbons (Fsp3) is 0.545. The Balaban J connectivity index is 1.50. The number of morpholine rings is 1. The highest BCUT2D eigenvalue weighted by atomic mass is 16.5. The molecule has 2 aliphatic heterocycles. The number of hydrogen-bond acceptors (Lipinski definition) is 6. The summed E-state index contributed by atoms with van der Waals surface area (Å²) in [6.07, 6.45) is 0.678. The summed E-state index contributed by atoms with van der Waals surface area (Å²) in [7, 11) is 0. The smallest absolute Gasteiger partial charge is 0.336 e. The lowest BCUT2D eigenvalue weighted by Gasteiger charge is -2.46. The van der Waals surface area contributed by atoms with Crippen molar-refractivity contribution < 1.29 is 18.7 Å². The maximum Gasteiger partial charge on any atom is 0.336 e. The summed E-state index contributed by atoms with van der Waals surface area (Å²) in [6, 6.07) is 5.85. The summed E-state index contributed by atoms with van der Waals surface area (Å²) in [6.45, 7) is 9.66. The Morgan fingerprint density at radius 3 is 2.86 bits per heavy atom. The number of hydrogen-bond donors (Lipinski definition) is 0. The van der Waals surface area contributed by atoms with Crippen LogP contribution in [0.5, 0.6) is 5.75 Å². The second-order valence-electron chi connectivity index (χ2n) is 7.99. The summed E-state index contributed by atoms with van der Waals surface area (Å²) in [5.41, 5.74) is 1.90. The summed E-state index contributed by atoms with van der Waals surface area (Å²) >= 11 is 0. The van der Waals surface area contributed by atoms with E-state index in [0.29, 0.717) is 43.5 Å². The van der Waals surface area contributed by atoms with Crippen molar-refractivity contribution in [1.82, 2.24) is 9.80 Å². The normalized spacial score (nSPS) is 22.5. The lowest BCUT2D eigenvalue weighted by Crippen LogP contribution is -2.62. The predicted octanol–water partition coefficient (Wildman–Crippen LogP) is 1.97. The Labute approximate surface area is 170 Å². The van der Waals surface area contributed by atoms with Crippen LogP contribution in [0.2, 0.25) is 0 Å². The van der Waals surface area contributed by atoms with Gasteiger partial charge in [-0.15, -0.1) is 0 Å². The van der Waals surface area contributed by atoms with E-state index >= 15 is 0 Å². The summed E-state index contributed by atoms with van der Waals surface area (Å²) < 4.78 is 17.0. The van der Waals surface area contributed by atoms with E-state index in [9.17, 15) is 9.59 Å². The van der Waals surface area contributed by atoms with E-state index in [1.807, 2.05) is 30.9 Å². The van der Waals surface area contributed by atoms with Crippen LogP contribution in [0, 0.1) is 6.92 Å². The number of carbonyl (C=O) groups excluding carboxylic acids is 1. The van der Waals surface area contributed by atoms with E-state index < -0.39 is 0 Å². The molecule has 2 atom stereocenters. The van der Waals surface area contributed by atoms with Gasteiger partial charge < -0.3 is 18.8 Å². The van der Waals surface area contributed by atoms with Gasteiger partial charge in [-0.25, -0.2) is 4.79 Å². The minimum Gasteiger partial charge on any atom is -0.483 e. The van der Waals surface area contributed by atoms with Crippen LogP contribution in [0.1, 0.15) is 25.0 Å². The Morgan fingerprint density at radius 2 is 2.07 bits per heavy atom. The topological polar surface area (TPSA) is 72.2 Å². The van der Waals surface area contributed by atoms with E-state index in [-0.39, 0.29) is 24.2 Å². The molecular formula is C22H28N2O5. The Hall–Kier alpha value is -2.38. The van der Waals surface area contributed by atoms with Crippen LogP contribution in [0.4, 0.5) is 0 Å². The second kappa shape index (κ2) is 8.16. The van der Waals surface area contributed by atoms with Gasteiger partial charge in [0.25, 0.3) is 5.91 Å². The van der Waals surface area contributed by atoms with Crippen molar-refractivity contribution in [2.45, 2.75) is 39.3 Å². The molecule has 0 bridgehead atoms. The van der Waals surface area contributed by atoms with Gasteiger partial charge in [0.15, 0.2) is 6.61 Å². The molecule has 1 aromatic carbocycles. The highest BCUT2D eigenvalue weighted by molar-refractivity contribution is 5.88. The van der Waals surface area contributed by atoms with Gasteiger partial charge in [0.1, 0.15) is 11.3 Å². The number of nitrogens with zero attached hydrogens (tertiary/aromatic N) is 2. The molecule has 2 saturated heterocycles. The number of amides is 1. The molecule has 0 saturated carbocycles. The number of aryl methyl sites for hydroxylation is 2. The Bertz CT molecular complexity index is 970. The molecule has 0 spiro atoms. The van der Waals surface area contributed by atoms with Crippen molar-refractivity contribution in [2.24, 2.45) is 0 Å². The van der Waals surface area contributed by atoms with E-state index in [4.69, 9.17) is 13.9 Å². The van der Waals surface area contributed by atoms with Gasteiger partial charge in [-0.05, 0) is 43.5 Å². The fourth-order valence-corrected chi connectivity index (χ4v) is 4.39. The lowest BCUT2D eigenvalue weighted by molar-refractivity contribution is -0.141. The second-order valence-corrected chi connectivity index (χ2v) is 7.99. The van der Waals surface area contributed by atoms with Gasteiger partial charge in [0.2, 0.25) is 0 Å². The first-order valence-electron chi connectivity index (χ1n) is 10.3. The molecule has 2 aromatic rings. The number of carbonyl (C=O) groups is 1. The van der Waals surface area contributed by atoms with Crippen LogP contribution < -0.4 is 10.4 Å². The average Bonchev–Trinajstić information content (AvgIpc) is 2.70. The highest BCUT2D eigenvalue weighted by Crippen LogP contribution is 2.30. The molecular weight excluding hydrogens is 372 g/mol. The third-order valence-corrected chi connectivity index (χ3v) is 5.88. The average molecular weight is 400 g/mol. The quantitative estimate of drug-likeness (QED) is 0.731. The summed E-state index contributed by atoms with van der Waals surface area (Å²) in [4.78, 5) is 28.9. The van der Waals surface area contributed by atoms with Gasteiger partial charge in [-0.2, -0.15) is 0 Å². The number of fused-ring (bicyclic) bond motifs is 2. The molecule has 7 heteroatoms. The largest absolute Gasteiger partial charge is 0.483 e. The van der Waals surface area contributed by atoms with Crippen LogP contribution in [-0.2, 0) is 16.0 Å². The number of rotatable bonds is 4. The van der Waals surface area contributed by atoms with E-state index in [1.165, 1.54) is 6.07 Å². The van der Waals surface area contributed by atoms with Gasteiger partial charge in [0.05, 0.1) is 24.6 Å². The van der Waals surface area contributed by atoms with Crippen molar-refractivity contribution >= 4 is 16.9 Å². The van der Waals surface area contributed by atoms with Crippen molar-refractivity contribution in [1.29, 1.82) is 0 Å². The van der Waals surface area contributed by atoms with Crippen LogP contribution in [0.25, 0.3) is 11.0 Å². The van der Waals surface area contributed by atoms with E-state index in [2.05, 4.69) is 11.8 Å². The van der Waals surface area contributed by atoms with Crippen molar-refractivity contribution in [3.63, 3.8) is 0 Å². The minimum atomic E-state index is -0.372. The molecule has 0 unspecified atom stereocenters. The minimum absolute atomic E-state index is 0.0343. The monoisotopic (exact) mass is 400 g/mol. The van der Waals surface area contributed by atoms with Crippen LogP contribution >= 0.6 is 0 Å². The predicted molar refractivity (Wildman–Crippen MR) is 109 cm³/mol. The molecule has 2 aliphatic rings. The zero-order valence-corrected chi connectivity index (χ0v) is 17.3. The fourth-order valence-electron chi connectivity index (χ4n) is 4.39. The third-order valence-electron chi connectivity index (χ3n) is 5.88. The molecule has 1 aromatic heterocycles. The molecule has 29 heavy (non-hydrogen) atoms. The van der Waals surface area contributed by atoms with Crippen molar-refractivity contribution in [3.8, 4) is 5.75 Å². The molecule has 156 valence electrons. The Kier molecular flexibility index (Phi) is 5.61. The van der Waals surface area contributed by atoms with Crippen molar-refractivity contribution in [2.75, 3.05) is 39.5 Å². The first-order chi connectivity index (χ1) is 14.0. The van der Waals surface area contributed by atoms with Crippen LogP contribution in [0.15, 0.2) is 27.4 Å². The van der Waals surface area contributed by atoms with E-state index in [1.54, 1.807) is 0 Å². The van der Waals surface area contributed by atoms with Crippen LogP contribution in [-0.4, -0.2) is 67.2 Å². The zero-order chi connectivity index (χ0) is 20.5. The highest BCUT2D eigenvalue weighted by Gasteiger charge is 2.35. The maximum atomic E-state index is 12.8. The van der Waals surface area contributed by atoms with Gasteiger partial charge >= 0.3 is 5.63 Å². The summed E-state index contributed by atoms with van der Waals surface area (Å²) in [5.74, 6) is 0.551. The Morgan fingerprint density at radius 1 is 1.24 bits per heavy atom. The van der Waals surface area contributed by atoms with E-state index in [0.717, 1.165) is 29.7 Å². The number of benzene rings is 1. The molecule has 2 fully saturated rings. The first kappa shape index (κ1) is 19.9. The molecule has 0 radical (unpaired) electrons. The molecule has 0 aliphatic carbocycles. The van der Waals surface area contributed by atoms with Crippen LogP contribution in [0.3, 0.4) is 0 Å². The lowest BCUT2D eigenvalue weighted by atomic mass is 10.0. The maximum absolute atomic E-state index is 12.8. The third kappa shape index (κ3) is 4.02. The summed E-state index contributed by atoms with van der Waals surface area (Å²) in [5, 5.41) is 0.768. The number of ether oxygens (including phenoxy) is 2. The molecule has 1 amide bonds. The standard InChI is InChI=1S/C22H28N2O5/c1-4-16-9-21(26)29-19-8-14(2)7-18(22(16)19)28-13-20(25)23-5-6-24-15(3)11-27-12-17(24)10-23/h7-9,15,17H,4-6,10-13H2,1-3H3/t15-,17+/m0/s1.